The lowest BCUT2D eigenvalue weighted by Crippen LogP contribution is -2.35. The molecule has 2 amide bonds. The van der Waals surface area contributed by atoms with Crippen LogP contribution in [-0.2, 0) is 9.53 Å². The minimum Gasteiger partial charge on any atom is -0.479 e. The predicted molar refractivity (Wildman–Crippen MR) is 99.0 cm³/mol. The van der Waals surface area contributed by atoms with Crippen LogP contribution in [0.4, 0.5) is 0 Å². The number of halogens is 1. The van der Waals surface area contributed by atoms with Crippen LogP contribution in [0.2, 0.25) is 5.02 Å². The molecule has 1 aliphatic rings. The molecule has 6 nitrogen and oxygen atoms in total. The lowest BCUT2D eigenvalue weighted by molar-refractivity contribution is -0.151. The van der Waals surface area contributed by atoms with E-state index in [1.54, 1.807) is 49.4 Å². The molecule has 0 aliphatic carbocycles. The van der Waals surface area contributed by atoms with Crippen LogP contribution in [0.25, 0.3) is 0 Å². The second kappa shape index (κ2) is 7.80. The number of benzene rings is 2. The van der Waals surface area contributed by atoms with E-state index in [1.807, 2.05) is 6.92 Å². The van der Waals surface area contributed by atoms with Crippen molar-refractivity contribution in [3.63, 3.8) is 0 Å². The van der Waals surface area contributed by atoms with Crippen molar-refractivity contribution in [2.45, 2.75) is 20.0 Å². The quantitative estimate of drug-likeness (QED) is 0.562. The molecule has 27 heavy (non-hydrogen) atoms. The highest BCUT2D eigenvalue weighted by atomic mass is 35.5. The zero-order chi connectivity index (χ0) is 19.6. The molecular weight excluding hydrogens is 370 g/mol. The Kier molecular flexibility index (Phi) is 5.46. The Labute approximate surface area is 161 Å². The number of amides is 2. The summed E-state index contributed by atoms with van der Waals surface area (Å²) in [5.74, 6) is -0.814. The van der Waals surface area contributed by atoms with Gasteiger partial charge in [-0.25, -0.2) is 4.79 Å². The van der Waals surface area contributed by atoms with E-state index in [-0.39, 0.29) is 25.0 Å². The predicted octanol–water partition coefficient (Wildman–Crippen LogP) is 3.26. The standard InChI is InChI=1S/C20H18ClNO5/c1-12-11-14(21)7-8-17(12)27-13(2)20(25)26-10-9-22-18(23)15-5-3-4-6-16(15)19(22)24/h3-8,11,13H,9-10H2,1-2H3. The van der Waals surface area contributed by atoms with Crippen LogP contribution < -0.4 is 4.74 Å². The van der Waals surface area contributed by atoms with E-state index < -0.39 is 12.1 Å². The maximum absolute atomic E-state index is 12.3. The molecule has 0 radical (unpaired) electrons. The summed E-state index contributed by atoms with van der Waals surface area (Å²) in [5, 5.41) is 0.580. The van der Waals surface area contributed by atoms with Gasteiger partial charge < -0.3 is 9.47 Å². The lowest BCUT2D eigenvalue weighted by Gasteiger charge is -2.17. The summed E-state index contributed by atoms with van der Waals surface area (Å²) in [4.78, 5) is 37.7. The number of hydrogen-bond donors (Lipinski definition) is 0. The number of ether oxygens (including phenoxy) is 2. The molecule has 140 valence electrons. The molecule has 2 aromatic carbocycles. The number of fused-ring (bicyclic) bond motifs is 1. The van der Waals surface area contributed by atoms with Gasteiger partial charge in [0.2, 0.25) is 0 Å². The van der Waals surface area contributed by atoms with Gasteiger partial charge in [0.15, 0.2) is 6.10 Å². The highest BCUT2D eigenvalue weighted by Gasteiger charge is 2.35. The minimum absolute atomic E-state index is 0.00915. The SMILES string of the molecule is Cc1cc(Cl)ccc1OC(C)C(=O)OCCN1C(=O)c2ccccc2C1=O. The lowest BCUT2D eigenvalue weighted by atomic mass is 10.1. The molecule has 0 fully saturated rings. The summed E-state index contributed by atoms with van der Waals surface area (Å²) in [5.41, 5.74) is 1.53. The Hall–Kier alpha value is -2.86. The van der Waals surface area contributed by atoms with Crippen molar-refractivity contribution < 1.29 is 23.9 Å². The van der Waals surface area contributed by atoms with E-state index in [1.165, 1.54) is 0 Å². The number of imide groups is 1. The Bertz CT molecular complexity index is 876. The number of carbonyl (C=O) groups excluding carboxylic acids is 3. The van der Waals surface area contributed by atoms with Crippen molar-refractivity contribution >= 4 is 29.4 Å². The molecular formula is C20H18ClNO5. The molecule has 2 aromatic rings. The van der Waals surface area contributed by atoms with Gasteiger partial charge in [-0.15, -0.1) is 0 Å². The molecule has 0 saturated carbocycles. The van der Waals surface area contributed by atoms with Gasteiger partial charge in [-0.3, -0.25) is 14.5 Å². The summed E-state index contributed by atoms with van der Waals surface area (Å²) in [7, 11) is 0. The number of carbonyl (C=O) groups is 3. The van der Waals surface area contributed by atoms with E-state index in [0.29, 0.717) is 21.9 Å². The molecule has 1 heterocycles. The number of aryl methyl sites for hydroxylation is 1. The maximum atomic E-state index is 12.3. The molecule has 0 saturated heterocycles. The molecule has 0 spiro atoms. The fraction of sp³-hybridized carbons (Fsp3) is 0.250. The average Bonchev–Trinajstić information content (AvgIpc) is 2.89. The maximum Gasteiger partial charge on any atom is 0.347 e. The van der Waals surface area contributed by atoms with Gasteiger partial charge in [0.05, 0.1) is 17.7 Å². The molecule has 1 unspecified atom stereocenters. The second-order valence-corrected chi connectivity index (χ2v) is 6.58. The molecule has 0 bridgehead atoms. The smallest absolute Gasteiger partial charge is 0.347 e. The first-order valence-corrected chi connectivity index (χ1v) is 8.81. The van der Waals surface area contributed by atoms with Crippen LogP contribution in [0, 0.1) is 6.92 Å². The zero-order valence-corrected chi connectivity index (χ0v) is 15.7. The first kappa shape index (κ1) is 18.9. The molecule has 7 heteroatoms. The molecule has 0 aromatic heterocycles. The Morgan fingerprint density at radius 2 is 1.74 bits per heavy atom. The van der Waals surface area contributed by atoms with Crippen molar-refractivity contribution in [3.05, 3.63) is 64.2 Å². The number of nitrogens with zero attached hydrogens (tertiary/aromatic N) is 1. The van der Waals surface area contributed by atoms with Crippen molar-refractivity contribution in [2.24, 2.45) is 0 Å². The van der Waals surface area contributed by atoms with Crippen molar-refractivity contribution in [1.82, 2.24) is 4.90 Å². The van der Waals surface area contributed by atoms with E-state index in [4.69, 9.17) is 21.1 Å². The number of esters is 1. The van der Waals surface area contributed by atoms with Gasteiger partial charge in [0.25, 0.3) is 11.8 Å². The summed E-state index contributed by atoms with van der Waals surface area (Å²) in [6.07, 6.45) is -0.841. The Morgan fingerprint density at radius 3 is 2.33 bits per heavy atom. The van der Waals surface area contributed by atoms with E-state index in [0.717, 1.165) is 10.5 Å². The first-order chi connectivity index (χ1) is 12.9. The third-order valence-electron chi connectivity index (χ3n) is 4.21. The van der Waals surface area contributed by atoms with Gasteiger partial charge in [0.1, 0.15) is 12.4 Å². The van der Waals surface area contributed by atoms with Gasteiger partial charge in [0, 0.05) is 5.02 Å². The van der Waals surface area contributed by atoms with Gasteiger partial charge in [-0.05, 0) is 49.7 Å². The highest BCUT2D eigenvalue weighted by molar-refractivity contribution is 6.30. The number of rotatable bonds is 6. The van der Waals surface area contributed by atoms with E-state index in [2.05, 4.69) is 0 Å². The third kappa shape index (κ3) is 3.95. The third-order valence-corrected chi connectivity index (χ3v) is 4.45. The largest absolute Gasteiger partial charge is 0.479 e. The van der Waals surface area contributed by atoms with Crippen molar-refractivity contribution in [2.75, 3.05) is 13.2 Å². The normalized spacial score (nSPS) is 14.1. The van der Waals surface area contributed by atoms with Crippen molar-refractivity contribution in [3.8, 4) is 5.75 Å². The summed E-state index contributed by atoms with van der Waals surface area (Å²) in [6.45, 7) is 3.28. The van der Waals surface area contributed by atoms with Crippen molar-refractivity contribution in [1.29, 1.82) is 0 Å². The fourth-order valence-corrected chi connectivity index (χ4v) is 3.01. The Balaban J connectivity index is 1.52. The van der Waals surface area contributed by atoms with Crippen LogP contribution in [-0.4, -0.2) is 41.9 Å². The molecule has 1 atom stereocenters. The topological polar surface area (TPSA) is 72.9 Å². The van der Waals surface area contributed by atoms with Crippen LogP contribution in [0.15, 0.2) is 42.5 Å². The molecule has 3 rings (SSSR count). The monoisotopic (exact) mass is 387 g/mol. The van der Waals surface area contributed by atoms with E-state index >= 15 is 0 Å². The van der Waals surface area contributed by atoms with Crippen LogP contribution >= 0.6 is 11.6 Å². The molecule has 1 aliphatic heterocycles. The second-order valence-electron chi connectivity index (χ2n) is 6.14. The summed E-state index contributed by atoms with van der Waals surface area (Å²) >= 11 is 5.90. The van der Waals surface area contributed by atoms with Crippen LogP contribution in [0.3, 0.4) is 0 Å². The first-order valence-electron chi connectivity index (χ1n) is 8.43. The van der Waals surface area contributed by atoms with Crippen LogP contribution in [0.1, 0.15) is 33.2 Å². The minimum atomic E-state index is -0.841. The van der Waals surface area contributed by atoms with Gasteiger partial charge >= 0.3 is 5.97 Å². The fourth-order valence-electron chi connectivity index (χ4n) is 2.78. The number of hydrogen-bond acceptors (Lipinski definition) is 5. The van der Waals surface area contributed by atoms with Gasteiger partial charge in [-0.1, -0.05) is 23.7 Å². The van der Waals surface area contributed by atoms with E-state index in [9.17, 15) is 14.4 Å². The van der Waals surface area contributed by atoms with Gasteiger partial charge in [-0.2, -0.15) is 0 Å². The van der Waals surface area contributed by atoms with Crippen LogP contribution in [0.5, 0.6) is 5.75 Å². The zero-order valence-electron chi connectivity index (χ0n) is 14.9. The average molecular weight is 388 g/mol. The summed E-state index contributed by atoms with van der Waals surface area (Å²) < 4.78 is 10.8. The Morgan fingerprint density at radius 1 is 1.11 bits per heavy atom. The summed E-state index contributed by atoms with van der Waals surface area (Å²) in [6, 6.07) is 11.7. The highest BCUT2D eigenvalue weighted by Crippen LogP contribution is 2.24. The molecule has 0 N–H and O–H groups in total.